The van der Waals surface area contributed by atoms with Gasteiger partial charge in [0, 0.05) is 0 Å². The van der Waals surface area contributed by atoms with Crippen molar-refractivity contribution in [2.75, 3.05) is 14.2 Å². The predicted molar refractivity (Wildman–Crippen MR) is 54.9 cm³/mol. The fraction of sp³-hybridized carbons (Fsp3) is 0.625. The van der Waals surface area contributed by atoms with Crippen LogP contribution in [0.1, 0.15) is 13.8 Å². The summed E-state index contributed by atoms with van der Waals surface area (Å²) in [5.74, 6) is -0.669. The molecule has 6 heteroatoms. The number of hydrogen-bond donors (Lipinski definition) is 0. The number of amides is 1. The molecule has 0 aromatic rings. The largest absolute Gasteiger partial charge is 0.464 e. The number of halogens is 1. The van der Waals surface area contributed by atoms with Crippen molar-refractivity contribution >= 4 is 33.7 Å². The molecule has 0 saturated carbocycles. The maximum atomic E-state index is 11.2. The number of carbonyl (C=O) groups excluding carboxylic acids is 2. The van der Waals surface area contributed by atoms with Crippen molar-refractivity contribution in [3.05, 3.63) is 0 Å². The van der Waals surface area contributed by atoms with Crippen LogP contribution in [0.2, 0.25) is 0 Å². The van der Waals surface area contributed by atoms with Gasteiger partial charge in [-0.15, -0.1) is 0 Å². The van der Waals surface area contributed by atoms with Crippen LogP contribution in [0.4, 0.5) is 4.79 Å². The van der Waals surface area contributed by atoms with Gasteiger partial charge >= 0.3 is 12.1 Å². The highest BCUT2D eigenvalue weighted by molar-refractivity contribution is 9.10. The molecule has 0 aliphatic carbocycles. The molecule has 14 heavy (non-hydrogen) atoms. The Kier molecular flexibility index (Phi) is 4.76. The summed E-state index contributed by atoms with van der Waals surface area (Å²) in [7, 11) is 2.40. The first-order chi connectivity index (χ1) is 6.32. The normalized spacial score (nSPS) is 12.2. The van der Waals surface area contributed by atoms with Crippen LogP contribution in [0, 0.1) is 0 Å². The maximum Gasteiger partial charge on any atom is 0.433 e. The van der Waals surface area contributed by atoms with Gasteiger partial charge in [0.15, 0.2) is 0 Å². The Morgan fingerprint density at radius 2 is 1.71 bits per heavy atom. The summed E-state index contributed by atoms with van der Waals surface area (Å²) in [6, 6.07) is 0. The van der Waals surface area contributed by atoms with Crippen LogP contribution in [-0.2, 0) is 14.3 Å². The number of ether oxygens (including phenoxy) is 2. The summed E-state index contributed by atoms with van der Waals surface area (Å²) in [6.45, 7) is 3.34. The fourth-order valence-corrected chi connectivity index (χ4v) is 0.905. The number of nitrogens with zero attached hydrogens (tertiary/aromatic N) is 1. The average Bonchev–Trinajstić information content (AvgIpc) is 2.10. The van der Waals surface area contributed by atoms with Crippen molar-refractivity contribution in [1.82, 2.24) is 0 Å². The summed E-state index contributed by atoms with van der Waals surface area (Å²) in [5.41, 5.74) is -0.0353. The van der Waals surface area contributed by atoms with Crippen LogP contribution in [0.15, 0.2) is 4.99 Å². The Balaban J connectivity index is 5.02. The van der Waals surface area contributed by atoms with Gasteiger partial charge in [-0.25, -0.2) is 9.59 Å². The first-order valence-electron chi connectivity index (χ1n) is 3.77. The van der Waals surface area contributed by atoms with E-state index in [1.165, 1.54) is 14.2 Å². The number of carbonyl (C=O) groups is 2. The van der Waals surface area contributed by atoms with Crippen LogP contribution in [0.3, 0.4) is 0 Å². The van der Waals surface area contributed by atoms with Crippen LogP contribution in [0.25, 0.3) is 0 Å². The van der Waals surface area contributed by atoms with Crippen LogP contribution >= 0.6 is 15.9 Å². The Labute approximate surface area is 90.6 Å². The molecule has 0 unspecified atom stereocenters. The monoisotopic (exact) mass is 265 g/mol. The van der Waals surface area contributed by atoms with Crippen LogP contribution < -0.4 is 0 Å². The summed E-state index contributed by atoms with van der Waals surface area (Å²) < 4.78 is 8.05. The van der Waals surface area contributed by atoms with Gasteiger partial charge in [-0.05, 0) is 13.8 Å². The van der Waals surface area contributed by atoms with E-state index >= 15 is 0 Å². The lowest BCUT2D eigenvalue weighted by molar-refractivity contribution is -0.132. The first kappa shape index (κ1) is 13.1. The SMILES string of the molecule is COC(=O)/N=C(/C(=O)OC)C(C)(C)Br. The van der Waals surface area contributed by atoms with Gasteiger partial charge in [0.1, 0.15) is 5.71 Å². The molecule has 0 saturated heterocycles. The topological polar surface area (TPSA) is 65.0 Å². The van der Waals surface area contributed by atoms with Gasteiger partial charge in [-0.1, -0.05) is 15.9 Å². The number of alkyl halides is 1. The van der Waals surface area contributed by atoms with E-state index in [1.807, 2.05) is 0 Å². The third-order valence-electron chi connectivity index (χ3n) is 1.32. The molecule has 0 spiro atoms. The lowest BCUT2D eigenvalue weighted by Gasteiger charge is -2.16. The Bertz CT molecular complexity index is 267. The molecule has 0 aliphatic heterocycles. The molecule has 0 heterocycles. The smallest absolute Gasteiger partial charge is 0.433 e. The standard InChI is InChI=1S/C8H12BrNO4/c1-8(2,9)5(6(11)13-3)10-7(12)14-4/h1-4H3/b10-5-. The van der Waals surface area contributed by atoms with Gasteiger partial charge < -0.3 is 9.47 Å². The van der Waals surface area contributed by atoms with E-state index in [4.69, 9.17) is 0 Å². The molecule has 1 amide bonds. The van der Waals surface area contributed by atoms with Gasteiger partial charge in [-0.3, -0.25) is 0 Å². The van der Waals surface area contributed by atoms with Crippen molar-refractivity contribution in [3.63, 3.8) is 0 Å². The Hall–Kier alpha value is -0.910. The van der Waals surface area contributed by atoms with E-state index < -0.39 is 16.4 Å². The van der Waals surface area contributed by atoms with Crippen molar-refractivity contribution in [2.45, 2.75) is 18.2 Å². The van der Waals surface area contributed by atoms with Crippen molar-refractivity contribution < 1.29 is 19.1 Å². The minimum absolute atomic E-state index is 0.0353. The highest BCUT2D eigenvalue weighted by atomic mass is 79.9. The van der Waals surface area contributed by atoms with E-state index in [-0.39, 0.29) is 5.71 Å². The first-order valence-corrected chi connectivity index (χ1v) is 4.56. The highest BCUT2D eigenvalue weighted by Crippen LogP contribution is 2.19. The predicted octanol–water partition coefficient (Wildman–Crippen LogP) is 1.54. The molecule has 80 valence electrons. The molecule has 0 aliphatic rings. The summed E-state index contributed by atoms with van der Waals surface area (Å²) >= 11 is 3.20. The molecule has 0 aromatic carbocycles. The third kappa shape index (κ3) is 3.87. The highest BCUT2D eigenvalue weighted by Gasteiger charge is 2.29. The lowest BCUT2D eigenvalue weighted by Crippen LogP contribution is -2.33. The second-order valence-corrected chi connectivity index (χ2v) is 4.88. The number of methoxy groups -OCH3 is 2. The summed E-state index contributed by atoms with van der Waals surface area (Å²) in [4.78, 5) is 25.5. The Morgan fingerprint density at radius 3 is 2.00 bits per heavy atom. The second-order valence-electron chi connectivity index (χ2n) is 2.89. The molecule has 0 N–H and O–H groups in total. The summed E-state index contributed by atoms with van der Waals surface area (Å²) in [6.07, 6.45) is -0.835. The van der Waals surface area contributed by atoms with E-state index in [0.717, 1.165) is 0 Å². The average molecular weight is 266 g/mol. The molecular weight excluding hydrogens is 254 g/mol. The molecule has 5 nitrogen and oxygen atoms in total. The van der Waals surface area contributed by atoms with E-state index in [0.29, 0.717) is 0 Å². The van der Waals surface area contributed by atoms with E-state index in [1.54, 1.807) is 13.8 Å². The van der Waals surface area contributed by atoms with Gasteiger partial charge in [0.2, 0.25) is 0 Å². The maximum absolute atomic E-state index is 11.2. The number of hydrogen-bond acceptors (Lipinski definition) is 4. The fourth-order valence-electron chi connectivity index (χ4n) is 0.655. The van der Waals surface area contributed by atoms with Crippen LogP contribution in [0.5, 0.6) is 0 Å². The van der Waals surface area contributed by atoms with Gasteiger partial charge in [0.25, 0.3) is 0 Å². The van der Waals surface area contributed by atoms with Crippen molar-refractivity contribution in [3.8, 4) is 0 Å². The Morgan fingerprint density at radius 1 is 1.21 bits per heavy atom. The minimum atomic E-state index is -0.835. The summed E-state index contributed by atoms with van der Waals surface area (Å²) in [5, 5.41) is 0. The number of esters is 1. The molecule has 0 bridgehead atoms. The van der Waals surface area contributed by atoms with Crippen molar-refractivity contribution in [2.24, 2.45) is 4.99 Å². The minimum Gasteiger partial charge on any atom is -0.464 e. The third-order valence-corrected chi connectivity index (χ3v) is 1.70. The zero-order valence-electron chi connectivity index (χ0n) is 8.46. The number of rotatable bonds is 2. The second kappa shape index (κ2) is 5.09. The molecule has 0 aromatic heterocycles. The van der Waals surface area contributed by atoms with Gasteiger partial charge in [-0.2, -0.15) is 4.99 Å². The van der Waals surface area contributed by atoms with Gasteiger partial charge in [0.05, 0.1) is 18.5 Å². The van der Waals surface area contributed by atoms with E-state index in [2.05, 4.69) is 30.4 Å². The molecular formula is C8H12BrNO4. The van der Waals surface area contributed by atoms with E-state index in [9.17, 15) is 9.59 Å². The molecule has 0 rings (SSSR count). The zero-order valence-corrected chi connectivity index (χ0v) is 10.0. The zero-order chi connectivity index (χ0) is 11.4. The number of aliphatic imine (C=N–C) groups is 1. The lowest BCUT2D eigenvalue weighted by atomic mass is 10.1. The molecule has 0 radical (unpaired) electrons. The quantitative estimate of drug-likeness (QED) is 0.432. The van der Waals surface area contributed by atoms with Crippen LogP contribution in [-0.4, -0.2) is 36.3 Å². The molecule has 0 atom stereocenters. The molecule has 0 fully saturated rings. The van der Waals surface area contributed by atoms with Crippen molar-refractivity contribution in [1.29, 1.82) is 0 Å².